The third-order valence-corrected chi connectivity index (χ3v) is 6.10. The molecule has 1 aliphatic rings. The molecule has 1 nitrogen and oxygen atoms in total. The third kappa shape index (κ3) is 4.35. The first kappa shape index (κ1) is 23.3. The van der Waals surface area contributed by atoms with Gasteiger partial charge in [-0.2, -0.15) is 4.39 Å². The van der Waals surface area contributed by atoms with Gasteiger partial charge in [-0.15, -0.1) is 0 Å². The van der Waals surface area contributed by atoms with E-state index < -0.39 is 29.1 Å². The van der Waals surface area contributed by atoms with Crippen molar-refractivity contribution in [1.29, 1.82) is 0 Å². The molecule has 174 valence electrons. The molecule has 0 atom stereocenters. The molecule has 3 aromatic carbocycles. The molecule has 4 rings (SSSR count). The van der Waals surface area contributed by atoms with Crippen molar-refractivity contribution >= 4 is 0 Å². The van der Waals surface area contributed by atoms with Gasteiger partial charge in [0.2, 0.25) is 5.82 Å². The SMILES string of the molecule is CCCc1ccc(CCc2ccc3c(c2F)Oc2c(cc(CCC)c(F)c2F)C3)c(F)c1F. The Morgan fingerprint density at radius 1 is 0.576 bits per heavy atom. The highest BCUT2D eigenvalue weighted by Crippen LogP contribution is 2.42. The van der Waals surface area contributed by atoms with Crippen LogP contribution in [0.4, 0.5) is 22.0 Å². The van der Waals surface area contributed by atoms with Crippen LogP contribution in [0.1, 0.15) is 60.1 Å². The van der Waals surface area contributed by atoms with Crippen LogP contribution in [0.25, 0.3) is 0 Å². The number of fused-ring (bicyclic) bond motifs is 2. The van der Waals surface area contributed by atoms with E-state index in [-0.39, 0.29) is 47.5 Å². The van der Waals surface area contributed by atoms with E-state index in [9.17, 15) is 17.6 Å². The molecule has 0 aromatic heterocycles. The minimum absolute atomic E-state index is 0.0881. The molecule has 0 aliphatic carbocycles. The second-order valence-electron chi connectivity index (χ2n) is 8.47. The van der Waals surface area contributed by atoms with Gasteiger partial charge in [-0.1, -0.05) is 51.0 Å². The molecule has 0 radical (unpaired) electrons. The van der Waals surface area contributed by atoms with Gasteiger partial charge in [0.05, 0.1) is 0 Å². The quantitative estimate of drug-likeness (QED) is 0.256. The lowest BCUT2D eigenvalue weighted by atomic mass is 9.94. The highest BCUT2D eigenvalue weighted by Gasteiger charge is 2.28. The molecular weight excluding hydrogens is 435 g/mol. The van der Waals surface area contributed by atoms with Gasteiger partial charge in [-0.3, -0.25) is 0 Å². The van der Waals surface area contributed by atoms with Crippen molar-refractivity contribution in [2.45, 2.75) is 58.8 Å². The lowest BCUT2D eigenvalue weighted by Crippen LogP contribution is -2.11. The van der Waals surface area contributed by atoms with Crippen LogP contribution in [-0.4, -0.2) is 0 Å². The average molecular weight is 460 g/mol. The number of hydrogen-bond acceptors (Lipinski definition) is 1. The van der Waals surface area contributed by atoms with Crippen molar-refractivity contribution < 1.29 is 26.7 Å². The second-order valence-corrected chi connectivity index (χ2v) is 8.47. The van der Waals surface area contributed by atoms with Gasteiger partial charge in [0, 0.05) is 17.5 Å². The Labute approximate surface area is 190 Å². The summed E-state index contributed by atoms with van der Waals surface area (Å²) in [4.78, 5) is 0. The summed E-state index contributed by atoms with van der Waals surface area (Å²) in [7, 11) is 0. The maximum Gasteiger partial charge on any atom is 0.201 e. The summed E-state index contributed by atoms with van der Waals surface area (Å²) in [5.74, 6) is -5.00. The van der Waals surface area contributed by atoms with E-state index >= 15 is 4.39 Å². The minimum atomic E-state index is -1.11. The molecule has 3 aromatic rings. The molecule has 1 heterocycles. The summed E-state index contributed by atoms with van der Waals surface area (Å²) in [6.07, 6.45) is 2.61. The number of hydrogen-bond donors (Lipinski definition) is 0. The molecule has 0 bridgehead atoms. The van der Waals surface area contributed by atoms with E-state index in [1.807, 2.05) is 13.8 Å². The van der Waals surface area contributed by atoms with Crippen LogP contribution in [-0.2, 0) is 32.1 Å². The maximum absolute atomic E-state index is 15.2. The zero-order chi connectivity index (χ0) is 23.7. The van der Waals surface area contributed by atoms with Crippen molar-refractivity contribution in [3.8, 4) is 11.5 Å². The smallest absolute Gasteiger partial charge is 0.201 e. The Morgan fingerprint density at radius 3 is 1.70 bits per heavy atom. The van der Waals surface area contributed by atoms with E-state index in [1.54, 1.807) is 24.3 Å². The Kier molecular flexibility index (Phi) is 6.73. The molecule has 0 unspecified atom stereocenters. The molecular formula is C27H25F5O. The van der Waals surface area contributed by atoms with Crippen LogP contribution in [0.3, 0.4) is 0 Å². The predicted molar refractivity (Wildman–Crippen MR) is 117 cm³/mol. The Hall–Kier alpha value is -2.89. The highest BCUT2D eigenvalue weighted by atomic mass is 19.2. The molecule has 6 heteroatoms. The number of benzene rings is 3. The van der Waals surface area contributed by atoms with Crippen LogP contribution in [0.15, 0.2) is 30.3 Å². The van der Waals surface area contributed by atoms with E-state index in [1.165, 1.54) is 6.07 Å². The molecule has 0 spiro atoms. The van der Waals surface area contributed by atoms with Crippen LogP contribution < -0.4 is 4.74 Å². The fourth-order valence-corrected chi connectivity index (χ4v) is 4.35. The Balaban J connectivity index is 1.59. The number of aryl methyl sites for hydroxylation is 4. The standard InChI is InChI=1S/C27H25F5O/c1-3-5-15-7-8-16(22(29)21(15)28)9-10-17-11-12-19-14-20-13-18(6-4-2)23(30)25(32)27(20)33-26(19)24(17)31/h7-8,11-13H,3-6,9-10,14H2,1-2H3. The molecule has 0 amide bonds. The lowest BCUT2D eigenvalue weighted by Gasteiger charge is -2.23. The van der Waals surface area contributed by atoms with Gasteiger partial charge in [0.15, 0.2) is 34.8 Å². The summed E-state index contributed by atoms with van der Waals surface area (Å²) in [5.41, 5.74) is 1.99. The van der Waals surface area contributed by atoms with Crippen LogP contribution in [0.2, 0.25) is 0 Å². The zero-order valence-corrected chi connectivity index (χ0v) is 18.6. The molecule has 0 fully saturated rings. The van der Waals surface area contributed by atoms with Gasteiger partial charge in [0.25, 0.3) is 0 Å². The largest absolute Gasteiger partial charge is 0.450 e. The van der Waals surface area contributed by atoms with Crippen molar-refractivity contribution in [2.75, 3.05) is 0 Å². The van der Waals surface area contributed by atoms with Gasteiger partial charge in [-0.25, -0.2) is 17.6 Å². The molecule has 33 heavy (non-hydrogen) atoms. The fourth-order valence-electron chi connectivity index (χ4n) is 4.35. The Morgan fingerprint density at radius 2 is 1.06 bits per heavy atom. The summed E-state index contributed by atoms with van der Waals surface area (Å²) < 4.78 is 78.4. The third-order valence-electron chi connectivity index (χ3n) is 6.10. The average Bonchev–Trinajstić information content (AvgIpc) is 2.80. The van der Waals surface area contributed by atoms with Crippen molar-refractivity contribution in [2.24, 2.45) is 0 Å². The molecule has 0 saturated carbocycles. The summed E-state index contributed by atoms with van der Waals surface area (Å²) in [6.45, 7) is 3.76. The van der Waals surface area contributed by atoms with Crippen molar-refractivity contribution in [1.82, 2.24) is 0 Å². The van der Waals surface area contributed by atoms with Gasteiger partial charge in [0.1, 0.15) is 0 Å². The highest BCUT2D eigenvalue weighted by molar-refractivity contribution is 5.53. The summed E-state index contributed by atoms with van der Waals surface area (Å²) in [6, 6.07) is 7.92. The predicted octanol–water partition coefficient (Wildman–Crippen LogP) is 7.77. The van der Waals surface area contributed by atoms with Gasteiger partial charge < -0.3 is 4.74 Å². The van der Waals surface area contributed by atoms with Crippen LogP contribution >= 0.6 is 0 Å². The molecule has 0 saturated heterocycles. The second kappa shape index (κ2) is 9.54. The zero-order valence-electron chi connectivity index (χ0n) is 18.6. The van der Waals surface area contributed by atoms with Crippen LogP contribution in [0, 0.1) is 29.1 Å². The monoisotopic (exact) mass is 460 g/mol. The van der Waals surface area contributed by atoms with E-state index in [4.69, 9.17) is 4.74 Å². The van der Waals surface area contributed by atoms with E-state index in [0.717, 1.165) is 0 Å². The molecule has 0 N–H and O–H groups in total. The van der Waals surface area contributed by atoms with Gasteiger partial charge >= 0.3 is 0 Å². The summed E-state index contributed by atoms with van der Waals surface area (Å²) in [5, 5.41) is 0. The van der Waals surface area contributed by atoms with E-state index in [0.29, 0.717) is 42.4 Å². The first-order valence-electron chi connectivity index (χ1n) is 11.3. The minimum Gasteiger partial charge on any atom is -0.450 e. The lowest BCUT2D eigenvalue weighted by molar-refractivity contribution is 0.377. The van der Waals surface area contributed by atoms with Gasteiger partial charge in [-0.05, 0) is 54.0 Å². The Bertz CT molecular complexity index is 1200. The first-order chi connectivity index (χ1) is 15.8. The molecule has 1 aliphatic heterocycles. The maximum atomic E-state index is 15.2. The topological polar surface area (TPSA) is 9.23 Å². The van der Waals surface area contributed by atoms with E-state index in [2.05, 4.69) is 0 Å². The van der Waals surface area contributed by atoms with Crippen LogP contribution in [0.5, 0.6) is 11.5 Å². The summed E-state index contributed by atoms with van der Waals surface area (Å²) >= 11 is 0. The normalized spacial score (nSPS) is 12.3. The number of ether oxygens (including phenoxy) is 1. The first-order valence-corrected chi connectivity index (χ1v) is 11.3. The fraction of sp³-hybridized carbons (Fsp3) is 0.333. The number of halogens is 5. The number of rotatable bonds is 7. The van der Waals surface area contributed by atoms with Crippen molar-refractivity contribution in [3.05, 3.63) is 92.8 Å². The van der Waals surface area contributed by atoms with Crippen molar-refractivity contribution in [3.63, 3.8) is 0 Å².